The number of nitrogens with zero attached hydrogens (tertiary/aromatic N) is 6. The maximum Gasteiger partial charge on any atom is 0.294 e. The second-order valence-electron chi connectivity index (χ2n) is 9.39. The fourth-order valence-corrected chi connectivity index (χ4v) is 4.73. The lowest BCUT2D eigenvalue weighted by Gasteiger charge is -2.22. The van der Waals surface area contributed by atoms with Crippen molar-refractivity contribution in [2.24, 2.45) is 0 Å². The molecule has 10 nitrogen and oxygen atoms in total. The second kappa shape index (κ2) is 9.87. The van der Waals surface area contributed by atoms with Crippen molar-refractivity contribution in [1.29, 1.82) is 0 Å². The van der Waals surface area contributed by atoms with Gasteiger partial charge in [-0.2, -0.15) is 0 Å². The maximum absolute atomic E-state index is 11.9. The van der Waals surface area contributed by atoms with E-state index in [9.17, 15) is 10.1 Å². The summed E-state index contributed by atoms with van der Waals surface area (Å²) in [5.74, 6) is 1.13. The highest BCUT2D eigenvalue weighted by molar-refractivity contribution is 6.33. The minimum atomic E-state index is -0.365. The molecule has 0 unspecified atom stereocenters. The molecule has 0 saturated heterocycles. The first-order chi connectivity index (χ1) is 17.7. The molecule has 1 aliphatic rings. The van der Waals surface area contributed by atoms with Gasteiger partial charge in [-0.05, 0) is 38.7 Å². The van der Waals surface area contributed by atoms with Gasteiger partial charge in [0.15, 0.2) is 0 Å². The van der Waals surface area contributed by atoms with Crippen molar-refractivity contribution in [2.45, 2.75) is 13.5 Å². The minimum absolute atomic E-state index is 0.0116. The number of benzene rings is 2. The van der Waals surface area contributed by atoms with Crippen LogP contribution in [0.3, 0.4) is 0 Å². The minimum Gasteiger partial charge on any atom is -0.490 e. The number of halogens is 1. The second-order valence-corrected chi connectivity index (χ2v) is 9.80. The van der Waals surface area contributed by atoms with Crippen molar-refractivity contribution in [1.82, 2.24) is 19.4 Å². The molecule has 0 amide bonds. The van der Waals surface area contributed by atoms with E-state index in [1.54, 1.807) is 6.20 Å². The van der Waals surface area contributed by atoms with E-state index >= 15 is 0 Å². The molecule has 4 aromatic rings. The molecule has 192 valence electrons. The van der Waals surface area contributed by atoms with Crippen LogP contribution < -0.4 is 15.0 Å². The van der Waals surface area contributed by atoms with Crippen LogP contribution >= 0.6 is 11.6 Å². The molecular formula is C26H28ClN7O3. The molecule has 0 aliphatic carbocycles. The first-order valence-electron chi connectivity index (χ1n) is 11.9. The van der Waals surface area contributed by atoms with E-state index in [0.717, 1.165) is 40.9 Å². The number of anilines is 3. The summed E-state index contributed by atoms with van der Waals surface area (Å²) in [5.41, 5.74) is 4.42. The van der Waals surface area contributed by atoms with Crippen LogP contribution in [0.15, 0.2) is 42.7 Å². The third-order valence-corrected chi connectivity index (χ3v) is 6.79. The molecule has 3 heterocycles. The first-order valence-corrected chi connectivity index (χ1v) is 12.3. The lowest BCUT2D eigenvalue weighted by molar-refractivity contribution is -0.384. The molecule has 0 fully saturated rings. The molecule has 37 heavy (non-hydrogen) atoms. The number of nitro benzene ring substituents is 1. The summed E-state index contributed by atoms with van der Waals surface area (Å²) in [6.07, 6.45) is 3.58. The molecule has 0 bridgehead atoms. The van der Waals surface area contributed by atoms with Gasteiger partial charge in [0.1, 0.15) is 18.0 Å². The predicted octanol–water partition coefficient (Wildman–Crippen LogP) is 5.10. The van der Waals surface area contributed by atoms with Gasteiger partial charge in [0.05, 0.1) is 39.6 Å². The van der Waals surface area contributed by atoms with Crippen LogP contribution in [0.5, 0.6) is 5.75 Å². The van der Waals surface area contributed by atoms with Gasteiger partial charge in [-0.15, -0.1) is 0 Å². The SMILES string of the molecule is Cc1cc(N(C)CCN(C)C)c([N+](=O)[O-])cc1Nc1ncc(Cl)c(-c2cn3c4c(cccc24)OCC3)n1. The number of rotatable bonds is 8. The molecule has 0 radical (unpaired) electrons. The summed E-state index contributed by atoms with van der Waals surface area (Å²) >= 11 is 6.56. The van der Waals surface area contributed by atoms with Crippen molar-refractivity contribution in [3.05, 3.63) is 63.4 Å². The van der Waals surface area contributed by atoms with Crippen LogP contribution in [-0.2, 0) is 6.54 Å². The number of likely N-dealkylation sites (N-methyl/N-ethyl adjacent to an activating group) is 2. The highest BCUT2D eigenvalue weighted by atomic mass is 35.5. The fourth-order valence-electron chi connectivity index (χ4n) is 4.54. The topological polar surface area (TPSA) is 102 Å². The summed E-state index contributed by atoms with van der Waals surface area (Å²) < 4.78 is 7.96. The number of aromatic nitrogens is 3. The summed E-state index contributed by atoms with van der Waals surface area (Å²) in [7, 11) is 5.80. The van der Waals surface area contributed by atoms with Gasteiger partial charge in [-0.25, -0.2) is 9.97 Å². The van der Waals surface area contributed by atoms with E-state index in [4.69, 9.17) is 21.3 Å². The Bertz CT molecular complexity index is 1500. The quantitative estimate of drug-likeness (QED) is 0.252. The zero-order chi connectivity index (χ0) is 26.3. The number of ether oxygens (including phenoxy) is 1. The Kier molecular flexibility index (Phi) is 6.61. The van der Waals surface area contributed by atoms with Gasteiger partial charge >= 0.3 is 0 Å². The van der Waals surface area contributed by atoms with Gasteiger partial charge in [-0.1, -0.05) is 23.7 Å². The summed E-state index contributed by atoms with van der Waals surface area (Å²) in [5, 5.41) is 16.5. The van der Waals surface area contributed by atoms with Crippen LogP contribution in [0.2, 0.25) is 5.02 Å². The summed E-state index contributed by atoms with van der Waals surface area (Å²) in [6, 6.07) is 9.27. The lowest BCUT2D eigenvalue weighted by atomic mass is 10.1. The highest BCUT2D eigenvalue weighted by Crippen LogP contribution is 2.39. The molecule has 0 atom stereocenters. The Labute approximate surface area is 219 Å². The zero-order valence-electron chi connectivity index (χ0n) is 21.2. The Morgan fingerprint density at radius 2 is 2.05 bits per heavy atom. The average molecular weight is 522 g/mol. The van der Waals surface area contributed by atoms with Gasteiger partial charge in [0.25, 0.3) is 5.69 Å². The molecule has 1 N–H and O–H groups in total. The zero-order valence-corrected chi connectivity index (χ0v) is 21.9. The fraction of sp³-hybridized carbons (Fsp3) is 0.308. The molecule has 2 aromatic heterocycles. The van der Waals surface area contributed by atoms with Gasteiger partial charge in [-0.3, -0.25) is 10.1 Å². The van der Waals surface area contributed by atoms with Crippen molar-refractivity contribution in [2.75, 3.05) is 51.1 Å². The summed E-state index contributed by atoms with van der Waals surface area (Å²) in [6.45, 7) is 4.67. The van der Waals surface area contributed by atoms with Crippen LogP contribution in [-0.4, -0.2) is 65.2 Å². The standard InChI is InChI=1S/C26H28ClN7O3/c1-16-12-21(32(4)9-8-31(2)3)22(34(35)36)13-20(16)29-26-28-14-19(27)24(30-26)18-15-33-10-11-37-23-7-5-6-17(18)25(23)33/h5-7,12-15H,8-11H2,1-4H3,(H,28,29,30). The van der Waals surface area contributed by atoms with Crippen molar-refractivity contribution in [3.8, 4) is 17.0 Å². The molecular weight excluding hydrogens is 494 g/mol. The van der Waals surface area contributed by atoms with E-state index in [1.807, 2.05) is 68.3 Å². The maximum atomic E-state index is 11.9. The number of para-hydroxylation sites is 1. The summed E-state index contributed by atoms with van der Waals surface area (Å²) in [4.78, 5) is 24.6. The van der Waals surface area contributed by atoms with Crippen LogP contribution in [0.1, 0.15) is 5.56 Å². The number of nitrogens with one attached hydrogen (secondary N) is 1. The van der Waals surface area contributed by atoms with E-state index in [0.29, 0.717) is 41.2 Å². The number of hydrogen-bond acceptors (Lipinski definition) is 8. The van der Waals surface area contributed by atoms with Crippen LogP contribution in [0, 0.1) is 17.0 Å². The normalized spacial score (nSPS) is 12.6. The van der Waals surface area contributed by atoms with Gasteiger partial charge < -0.3 is 24.4 Å². The van der Waals surface area contributed by atoms with Gasteiger partial charge in [0, 0.05) is 43.4 Å². The van der Waals surface area contributed by atoms with Crippen molar-refractivity contribution in [3.63, 3.8) is 0 Å². The van der Waals surface area contributed by atoms with E-state index in [2.05, 4.69) is 14.9 Å². The Hall–Kier alpha value is -3.89. The molecule has 0 spiro atoms. The van der Waals surface area contributed by atoms with E-state index in [-0.39, 0.29) is 10.6 Å². The molecule has 11 heteroatoms. The molecule has 2 aromatic carbocycles. The number of hydrogen-bond donors (Lipinski definition) is 1. The average Bonchev–Trinajstić information content (AvgIpc) is 3.25. The largest absolute Gasteiger partial charge is 0.490 e. The third-order valence-electron chi connectivity index (χ3n) is 6.51. The van der Waals surface area contributed by atoms with Crippen LogP contribution in [0.25, 0.3) is 22.2 Å². The smallest absolute Gasteiger partial charge is 0.294 e. The monoisotopic (exact) mass is 521 g/mol. The Morgan fingerprint density at radius 3 is 2.81 bits per heavy atom. The van der Waals surface area contributed by atoms with E-state index in [1.165, 1.54) is 6.07 Å². The lowest BCUT2D eigenvalue weighted by Crippen LogP contribution is -2.29. The molecule has 1 aliphatic heterocycles. The Balaban J connectivity index is 1.51. The number of aryl methyl sites for hydroxylation is 1. The number of nitro groups is 1. The predicted molar refractivity (Wildman–Crippen MR) is 146 cm³/mol. The molecule has 5 rings (SSSR count). The molecule has 0 saturated carbocycles. The van der Waals surface area contributed by atoms with Crippen LogP contribution in [0.4, 0.5) is 23.0 Å². The van der Waals surface area contributed by atoms with Crippen molar-refractivity contribution >= 4 is 45.5 Å². The van der Waals surface area contributed by atoms with E-state index < -0.39 is 0 Å². The third kappa shape index (κ3) is 4.77. The highest BCUT2D eigenvalue weighted by Gasteiger charge is 2.23. The Morgan fingerprint density at radius 1 is 1.24 bits per heavy atom. The first kappa shape index (κ1) is 24.8. The van der Waals surface area contributed by atoms with Gasteiger partial charge in [0.2, 0.25) is 5.95 Å². The van der Waals surface area contributed by atoms with Crippen molar-refractivity contribution < 1.29 is 9.66 Å².